The van der Waals surface area contributed by atoms with Crippen molar-refractivity contribution in [1.29, 1.82) is 0 Å². The number of halogens is 2. The average molecular weight is 441 g/mol. The molecule has 1 atom stereocenters. The molecule has 0 aliphatic carbocycles. The molecule has 0 spiro atoms. The molecule has 1 aromatic carbocycles. The number of rotatable bonds is 5. The summed E-state index contributed by atoms with van der Waals surface area (Å²) in [6.45, 7) is -0.233. The Morgan fingerprint density at radius 1 is 1.34 bits per heavy atom. The van der Waals surface area contributed by atoms with Gasteiger partial charge in [-0.1, -0.05) is 23.4 Å². The number of aromatic nitrogens is 2. The smallest absolute Gasteiger partial charge is 0.332 e. The van der Waals surface area contributed by atoms with E-state index in [1.807, 2.05) is 0 Å². The van der Waals surface area contributed by atoms with Gasteiger partial charge < -0.3 is 21.7 Å². The van der Waals surface area contributed by atoms with Crippen molar-refractivity contribution < 1.29 is 9.18 Å². The minimum absolute atomic E-state index is 0.0336. The molecule has 1 aromatic heterocycles. The van der Waals surface area contributed by atoms with Crippen LogP contribution >= 0.6 is 23.4 Å². The molecule has 1 aliphatic rings. The van der Waals surface area contributed by atoms with Crippen molar-refractivity contribution >= 4 is 46.5 Å². The number of nitrogens with zero attached hydrogens (tertiary/aromatic N) is 2. The van der Waals surface area contributed by atoms with E-state index in [1.54, 1.807) is 11.5 Å². The zero-order valence-electron chi connectivity index (χ0n) is 15.5. The summed E-state index contributed by atoms with van der Waals surface area (Å²) in [5, 5.41) is 10.5. The van der Waals surface area contributed by atoms with Crippen molar-refractivity contribution in [2.24, 2.45) is 14.1 Å². The number of carbonyl (C=O) groups is 1. The van der Waals surface area contributed by atoms with Crippen LogP contribution in [0.2, 0.25) is 5.02 Å². The Labute approximate surface area is 173 Å². The summed E-state index contributed by atoms with van der Waals surface area (Å²) in [4.78, 5) is 36.2. The van der Waals surface area contributed by atoms with Crippen LogP contribution < -0.4 is 32.9 Å². The molecular formula is C17H18ClFN6O3S. The molecule has 154 valence electrons. The van der Waals surface area contributed by atoms with Gasteiger partial charge in [-0.15, -0.1) is 0 Å². The summed E-state index contributed by atoms with van der Waals surface area (Å²) >= 11 is 7.35. The third-order valence-corrected chi connectivity index (χ3v) is 5.45. The van der Waals surface area contributed by atoms with Crippen LogP contribution in [0.25, 0.3) is 5.70 Å². The van der Waals surface area contributed by atoms with Gasteiger partial charge in [-0.2, -0.15) is 0 Å². The third kappa shape index (κ3) is 4.25. The van der Waals surface area contributed by atoms with E-state index in [2.05, 4.69) is 16.0 Å². The van der Waals surface area contributed by atoms with E-state index in [1.165, 1.54) is 38.0 Å². The molecule has 1 unspecified atom stereocenters. The summed E-state index contributed by atoms with van der Waals surface area (Å²) in [6.07, 6.45) is 0. The zero-order chi connectivity index (χ0) is 21.3. The van der Waals surface area contributed by atoms with Gasteiger partial charge in [0, 0.05) is 19.7 Å². The third-order valence-electron chi connectivity index (χ3n) is 4.26. The number of benzene rings is 1. The fourth-order valence-corrected chi connectivity index (χ4v) is 3.79. The predicted octanol–water partition coefficient (Wildman–Crippen LogP) is 0.605. The van der Waals surface area contributed by atoms with Crippen molar-refractivity contribution in [1.82, 2.24) is 19.8 Å². The van der Waals surface area contributed by atoms with E-state index < -0.39 is 28.5 Å². The number of nitrogens with two attached hydrogens (primary N) is 1. The summed E-state index contributed by atoms with van der Waals surface area (Å²) < 4.78 is 15.2. The molecule has 2 heterocycles. The highest BCUT2D eigenvalue weighted by Crippen LogP contribution is 2.30. The summed E-state index contributed by atoms with van der Waals surface area (Å²) in [7, 11) is 2.75. The topological polar surface area (TPSA) is 123 Å². The zero-order valence-corrected chi connectivity index (χ0v) is 17.0. The molecule has 2 aromatic rings. The van der Waals surface area contributed by atoms with Crippen LogP contribution in [0, 0.1) is 5.82 Å². The number of nitrogens with one attached hydrogen (secondary N) is 3. The van der Waals surface area contributed by atoms with Crippen molar-refractivity contribution in [3.8, 4) is 0 Å². The Morgan fingerprint density at radius 3 is 2.76 bits per heavy atom. The van der Waals surface area contributed by atoms with Crippen LogP contribution in [0.3, 0.4) is 0 Å². The molecule has 0 bridgehead atoms. The predicted molar refractivity (Wildman–Crippen MR) is 112 cm³/mol. The number of carbonyl (C=O) groups excluding carboxylic acids is 1. The molecule has 29 heavy (non-hydrogen) atoms. The maximum Gasteiger partial charge on any atom is 0.332 e. The molecule has 3 rings (SSSR count). The maximum absolute atomic E-state index is 13.2. The average Bonchev–Trinajstić information content (AvgIpc) is 3.12. The van der Waals surface area contributed by atoms with Crippen LogP contribution in [0.15, 0.2) is 33.2 Å². The SMILES string of the molecule is Cn1c(N)c(NCC(=O)NC2NC(c3ccc(F)cc3Cl)=CS2)c(=O)n(C)c1=O. The number of nitrogen functional groups attached to an aromatic ring is 1. The van der Waals surface area contributed by atoms with Crippen LogP contribution in [0.4, 0.5) is 15.9 Å². The van der Waals surface area contributed by atoms with Gasteiger partial charge in [-0.25, -0.2) is 9.18 Å². The van der Waals surface area contributed by atoms with Crippen LogP contribution in [0.1, 0.15) is 5.56 Å². The van der Waals surface area contributed by atoms with E-state index in [0.29, 0.717) is 11.3 Å². The molecule has 0 radical (unpaired) electrons. The van der Waals surface area contributed by atoms with Gasteiger partial charge in [0.15, 0.2) is 5.50 Å². The van der Waals surface area contributed by atoms with E-state index in [-0.39, 0.29) is 23.1 Å². The minimum atomic E-state index is -0.623. The Hall–Kier alpha value is -2.92. The standard InChI is InChI=1S/C17H18ClFN6O3S/c1-24-14(20)13(15(27)25(2)17(24)28)21-6-12(26)23-16-22-11(7-29-16)9-4-3-8(19)5-10(9)18/h3-5,7,16,21-22H,6,20H2,1-2H3,(H,23,26). The molecule has 12 heteroatoms. The lowest BCUT2D eigenvalue weighted by Crippen LogP contribution is -2.44. The van der Waals surface area contributed by atoms with Crippen molar-refractivity contribution in [3.63, 3.8) is 0 Å². The molecular weight excluding hydrogens is 423 g/mol. The fraction of sp³-hybridized carbons (Fsp3) is 0.235. The van der Waals surface area contributed by atoms with Gasteiger partial charge in [0.2, 0.25) is 5.91 Å². The van der Waals surface area contributed by atoms with Crippen molar-refractivity contribution in [2.45, 2.75) is 5.50 Å². The largest absolute Gasteiger partial charge is 0.383 e. The first-order valence-electron chi connectivity index (χ1n) is 8.35. The Balaban J connectivity index is 1.61. The summed E-state index contributed by atoms with van der Waals surface area (Å²) in [6, 6.07) is 4.04. The number of amides is 1. The minimum Gasteiger partial charge on any atom is -0.383 e. The maximum atomic E-state index is 13.2. The quantitative estimate of drug-likeness (QED) is 0.537. The Kier molecular flexibility index (Phi) is 5.89. The number of hydrogen-bond acceptors (Lipinski definition) is 7. The Morgan fingerprint density at radius 2 is 2.07 bits per heavy atom. The van der Waals surface area contributed by atoms with Gasteiger partial charge in [-0.3, -0.25) is 18.7 Å². The lowest BCUT2D eigenvalue weighted by molar-refractivity contribution is -0.119. The van der Waals surface area contributed by atoms with E-state index in [0.717, 1.165) is 9.13 Å². The molecule has 0 fully saturated rings. The second-order valence-electron chi connectivity index (χ2n) is 6.20. The summed E-state index contributed by atoms with van der Waals surface area (Å²) in [5.41, 5.74) is 5.37. The number of hydrogen-bond donors (Lipinski definition) is 4. The molecule has 0 saturated carbocycles. The monoisotopic (exact) mass is 440 g/mol. The molecule has 9 nitrogen and oxygen atoms in total. The first-order chi connectivity index (χ1) is 13.7. The normalized spacial score (nSPS) is 15.6. The van der Waals surface area contributed by atoms with Gasteiger partial charge in [-0.05, 0) is 23.6 Å². The van der Waals surface area contributed by atoms with Gasteiger partial charge in [0.05, 0.1) is 17.3 Å². The highest BCUT2D eigenvalue weighted by Gasteiger charge is 2.21. The first kappa shape index (κ1) is 20.8. The second-order valence-corrected chi connectivity index (χ2v) is 7.59. The van der Waals surface area contributed by atoms with Gasteiger partial charge in [0.1, 0.15) is 17.3 Å². The van der Waals surface area contributed by atoms with Gasteiger partial charge in [0.25, 0.3) is 5.56 Å². The van der Waals surface area contributed by atoms with Crippen LogP contribution in [-0.2, 0) is 18.9 Å². The van der Waals surface area contributed by atoms with Crippen molar-refractivity contribution in [3.05, 3.63) is 60.8 Å². The first-order valence-corrected chi connectivity index (χ1v) is 9.67. The Bertz CT molecular complexity index is 1130. The molecule has 0 saturated heterocycles. The fourth-order valence-electron chi connectivity index (χ4n) is 2.66. The lowest BCUT2D eigenvalue weighted by atomic mass is 10.2. The highest BCUT2D eigenvalue weighted by molar-refractivity contribution is 8.03. The molecule has 1 amide bonds. The van der Waals surface area contributed by atoms with Crippen LogP contribution in [-0.4, -0.2) is 27.1 Å². The van der Waals surface area contributed by atoms with E-state index in [9.17, 15) is 18.8 Å². The molecule has 1 aliphatic heterocycles. The van der Waals surface area contributed by atoms with E-state index in [4.69, 9.17) is 17.3 Å². The van der Waals surface area contributed by atoms with Crippen molar-refractivity contribution in [2.75, 3.05) is 17.6 Å². The van der Waals surface area contributed by atoms with Gasteiger partial charge >= 0.3 is 5.69 Å². The second kappa shape index (κ2) is 8.21. The highest BCUT2D eigenvalue weighted by atomic mass is 35.5. The summed E-state index contributed by atoms with van der Waals surface area (Å²) in [5.74, 6) is -0.913. The molecule has 5 N–H and O–H groups in total. The number of anilines is 2. The lowest BCUT2D eigenvalue weighted by Gasteiger charge is -2.17. The number of thioether (sulfide) groups is 1. The van der Waals surface area contributed by atoms with Crippen LogP contribution in [0.5, 0.6) is 0 Å². The van der Waals surface area contributed by atoms with E-state index >= 15 is 0 Å².